The average molecular weight is 309 g/mol. The molecule has 4 nitrogen and oxygen atoms in total. The summed E-state index contributed by atoms with van der Waals surface area (Å²) in [5.41, 5.74) is 0.996. The summed E-state index contributed by atoms with van der Waals surface area (Å²) in [7, 11) is 2.28. The lowest BCUT2D eigenvalue weighted by Gasteiger charge is -2.25. The normalized spacial score (nSPS) is 26.8. The smallest absolute Gasteiger partial charge is 0.126 e. The number of anilines is 1. The molecule has 2 aliphatic rings. The van der Waals surface area contributed by atoms with Crippen molar-refractivity contribution in [2.75, 3.05) is 32.0 Å². The number of pyridine rings is 1. The van der Waals surface area contributed by atoms with Crippen LogP contribution in [0.5, 0.6) is 0 Å². The Labute approximate surface area is 132 Å². The van der Waals surface area contributed by atoms with E-state index in [2.05, 4.69) is 34.1 Å². The van der Waals surface area contributed by atoms with Gasteiger partial charge in [-0.25, -0.2) is 4.98 Å². The summed E-state index contributed by atoms with van der Waals surface area (Å²) in [4.78, 5) is 9.76. The number of hydrogen-bond donors (Lipinski definition) is 1. The summed E-state index contributed by atoms with van der Waals surface area (Å²) in [5, 5.41) is 4.04. The molecule has 0 aromatic carbocycles. The highest BCUT2D eigenvalue weighted by molar-refractivity contribution is 6.31. The second kappa shape index (κ2) is 6.51. The number of halogens is 1. The van der Waals surface area contributed by atoms with Crippen molar-refractivity contribution < 1.29 is 0 Å². The standard InChI is InChI=1S/C16H25ClN4/c1-3-18-16-7-6-14(17)15(19-16)11-21-9-8-12-4-5-13(10-21)20(12)2/h6-7,12-13H,3-5,8-11H2,1-2H3,(H,18,19). The molecule has 0 aliphatic carbocycles. The second-order valence-corrected chi connectivity index (χ2v) is 6.64. The highest BCUT2D eigenvalue weighted by Gasteiger charge is 2.34. The van der Waals surface area contributed by atoms with Crippen LogP contribution in [0, 0.1) is 0 Å². The van der Waals surface area contributed by atoms with E-state index < -0.39 is 0 Å². The molecular formula is C16H25ClN4. The largest absolute Gasteiger partial charge is 0.370 e. The first-order valence-electron chi connectivity index (χ1n) is 8.01. The van der Waals surface area contributed by atoms with Crippen LogP contribution in [-0.4, -0.2) is 53.5 Å². The minimum atomic E-state index is 0.702. The van der Waals surface area contributed by atoms with Gasteiger partial charge in [0.2, 0.25) is 0 Å². The van der Waals surface area contributed by atoms with E-state index in [1.165, 1.54) is 19.3 Å². The van der Waals surface area contributed by atoms with Crippen LogP contribution >= 0.6 is 11.6 Å². The molecule has 2 unspecified atom stereocenters. The number of rotatable bonds is 4. The molecule has 0 spiro atoms. The summed E-state index contributed by atoms with van der Waals surface area (Å²) in [6, 6.07) is 5.38. The molecule has 116 valence electrons. The monoisotopic (exact) mass is 308 g/mol. The Morgan fingerprint density at radius 3 is 2.90 bits per heavy atom. The highest BCUT2D eigenvalue weighted by Crippen LogP contribution is 2.29. The number of likely N-dealkylation sites (N-methyl/N-ethyl adjacent to an activating group) is 1. The summed E-state index contributed by atoms with van der Waals surface area (Å²) in [6.45, 7) is 6.10. The van der Waals surface area contributed by atoms with Gasteiger partial charge in [0.15, 0.2) is 0 Å². The Morgan fingerprint density at radius 2 is 2.10 bits per heavy atom. The summed E-state index contributed by atoms with van der Waals surface area (Å²) < 4.78 is 0. The number of fused-ring (bicyclic) bond motifs is 2. The fourth-order valence-corrected chi connectivity index (χ4v) is 3.77. The van der Waals surface area contributed by atoms with Gasteiger partial charge in [0.25, 0.3) is 0 Å². The predicted molar refractivity (Wildman–Crippen MR) is 87.9 cm³/mol. The highest BCUT2D eigenvalue weighted by atomic mass is 35.5. The van der Waals surface area contributed by atoms with Crippen molar-refractivity contribution >= 4 is 17.4 Å². The van der Waals surface area contributed by atoms with Gasteiger partial charge in [-0.05, 0) is 45.4 Å². The first kappa shape index (κ1) is 15.1. The summed E-state index contributed by atoms with van der Waals surface area (Å²) in [6.07, 6.45) is 3.96. The molecule has 3 rings (SSSR count). The third-order valence-electron chi connectivity index (χ3n) is 4.88. The van der Waals surface area contributed by atoms with Gasteiger partial charge in [0.05, 0.1) is 10.7 Å². The SMILES string of the molecule is CCNc1ccc(Cl)c(CN2CCC3CCC(C2)N3C)n1. The molecule has 2 atom stereocenters. The van der Waals surface area contributed by atoms with Crippen molar-refractivity contribution in [2.45, 2.75) is 44.8 Å². The van der Waals surface area contributed by atoms with Crippen LogP contribution in [-0.2, 0) is 6.54 Å². The minimum absolute atomic E-state index is 0.702. The van der Waals surface area contributed by atoms with E-state index in [0.717, 1.165) is 48.8 Å². The molecule has 5 heteroatoms. The van der Waals surface area contributed by atoms with Gasteiger partial charge >= 0.3 is 0 Å². The zero-order valence-corrected chi connectivity index (χ0v) is 13.7. The van der Waals surface area contributed by atoms with Gasteiger partial charge in [-0.2, -0.15) is 0 Å². The zero-order valence-electron chi connectivity index (χ0n) is 13.0. The van der Waals surface area contributed by atoms with Crippen LogP contribution in [0.4, 0.5) is 5.82 Å². The van der Waals surface area contributed by atoms with Crippen LogP contribution < -0.4 is 5.32 Å². The lowest BCUT2D eigenvalue weighted by atomic mass is 10.1. The Bertz CT molecular complexity index is 493. The quantitative estimate of drug-likeness (QED) is 0.927. The van der Waals surface area contributed by atoms with Crippen molar-refractivity contribution in [3.05, 3.63) is 22.8 Å². The second-order valence-electron chi connectivity index (χ2n) is 6.23. The van der Waals surface area contributed by atoms with Gasteiger partial charge in [-0.15, -0.1) is 0 Å². The molecule has 1 aromatic rings. The predicted octanol–water partition coefficient (Wildman–Crippen LogP) is 2.84. The van der Waals surface area contributed by atoms with E-state index in [9.17, 15) is 0 Å². The van der Waals surface area contributed by atoms with E-state index in [0.29, 0.717) is 6.04 Å². The summed E-state index contributed by atoms with van der Waals surface area (Å²) >= 11 is 6.34. The molecule has 2 bridgehead atoms. The van der Waals surface area contributed by atoms with Crippen LogP contribution in [0.3, 0.4) is 0 Å². The topological polar surface area (TPSA) is 31.4 Å². The Kier molecular flexibility index (Phi) is 4.67. The Morgan fingerprint density at radius 1 is 1.29 bits per heavy atom. The van der Waals surface area contributed by atoms with Gasteiger partial charge < -0.3 is 5.32 Å². The van der Waals surface area contributed by atoms with Gasteiger partial charge in [0.1, 0.15) is 5.82 Å². The molecule has 2 fully saturated rings. The maximum absolute atomic E-state index is 6.34. The molecule has 1 N–H and O–H groups in total. The maximum Gasteiger partial charge on any atom is 0.126 e. The van der Waals surface area contributed by atoms with Gasteiger partial charge in [-0.1, -0.05) is 11.6 Å². The van der Waals surface area contributed by atoms with Crippen molar-refractivity contribution in [3.8, 4) is 0 Å². The maximum atomic E-state index is 6.34. The molecule has 21 heavy (non-hydrogen) atoms. The van der Waals surface area contributed by atoms with Crippen molar-refractivity contribution in [2.24, 2.45) is 0 Å². The van der Waals surface area contributed by atoms with Crippen LogP contribution in [0.2, 0.25) is 5.02 Å². The van der Waals surface area contributed by atoms with E-state index in [1.807, 2.05) is 12.1 Å². The van der Waals surface area contributed by atoms with E-state index in [4.69, 9.17) is 11.6 Å². The van der Waals surface area contributed by atoms with Gasteiger partial charge in [0, 0.05) is 38.3 Å². The molecule has 0 saturated carbocycles. The van der Waals surface area contributed by atoms with Crippen LogP contribution in [0.25, 0.3) is 0 Å². The molecular weight excluding hydrogens is 284 g/mol. The van der Waals surface area contributed by atoms with Crippen molar-refractivity contribution in [1.29, 1.82) is 0 Å². The van der Waals surface area contributed by atoms with Crippen molar-refractivity contribution in [1.82, 2.24) is 14.8 Å². The third kappa shape index (κ3) is 3.33. The van der Waals surface area contributed by atoms with E-state index in [-0.39, 0.29) is 0 Å². The fraction of sp³-hybridized carbons (Fsp3) is 0.688. The Hall–Kier alpha value is -0.840. The van der Waals surface area contributed by atoms with E-state index >= 15 is 0 Å². The molecule has 3 heterocycles. The van der Waals surface area contributed by atoms with Crippen LogP contribution in [0.15, 0.2) is 12.1 Å². The average Bonchev–Trinajstić information content (AvgIpc) is 2.71. The zero-order chi connectivity index (χ0) is 14.8. The lowest BCUT2D eigenvalue weighted by molar-refractivity contribution is 0.213. The fourth-order valence-electron chi connectivity index (χ4n) is 3.61. The van der Waals surface area contributed by atoms with Gasteiger partial charge in [-0.3, -0.25) is 9.80 Å². The van der Waals surface area contributed by atoms with Crippen LogP contribution in [0.1, 0.15) is 31.9 Å². The van der Waals surface area contributed by atoms with E-state index in [1.54, 1.807) is 0 Å². The Balaban J connectivity index is 1.70. The number of aromatic nitrogens is 1. The minimum Gasteiger partial charge on any atom is -0.370 e. The first-order valence-corrected chi connectivity index (χ1v) is 8.38. The number of likely N-dealkylation sites (tertiary alicyclic amines) is 1. The first-order chi connectivity index (χ1) is 10.2. The molecule has 2 saturated heterocycles. The number of nitrogens with zero attached hydrogens (tertiary/aromatic N) is 3. The lowest BCUT2D eigenvalue weighted by Crippen LogP contribution is -2.36. The molecule has 2 aliphatic heterocycles. The number of nitrogens with one attached hydrogen (secondary N) is 1. The number of hydrogen-bond acceptors (Lipinski definition) is 4. The summed E-state index contributed by atoms with van der Waals surface area (Å²) in [5.74, 6) is 0.922. The van der Waals surface area contributed by atoms with Crippen molar-refractivity contribution in [3.63, 3.8) is 0 Å². The molecule has 0 radical (unpaired) electrons. The molecule has 0 amide bonds. The molecule has 1 aromatic heterocycles. The third-order valence-corrected chi connectivity index (χ3v) is 5.23.